The third-order valence-corrected chi connectivity index (χ3v) is 7.52. The molecule has 6 nitrogen and oxygen atoms in total. The highest BCUT2D eigenvalue weighted by molar-refractivity contribution is 9.11. The molecule has 0 aromatic carbocycles. The molecule has 0 radical (unpaired) electrons. The predicted octanol–water partition coefficient (Wildman–Crippen LogP) is 6.10. The Morgan fingerprint density at radius 2 is 1.11 bits per heavy atom. The van der Waals surface area contributed by atoms with Gasteiger partial charge in [-0.15, -0.1) is 39.1 Å². The highest BCUT2D eigenvalue weighted by atomic mass is 79.9. The van der Waals surface area contributed by atoms with Crippen LogP contribution in [-0.2, 0) is 0 Å². The second-order valence-electron chi connectivity index (χ2n) is 4.86. The van der Waals surface area contributed by atoms with E-state index in [0.29, 0.717) is 5.96 Å². The van der Waals surface area contributed by atoms with Gasteiger partial charge in [-0.3, -0.25) is 0 Å². The molecule has 0 aliphatic rings. The number of thiophene rings is 3. The van der Waals surface area contributed by atoms with E-state index < -0.39 is 0 Å². The first kappa shape index (κ1) is 21.5. The normalized spacial score (nSPS) is 11.7. The monoisotopic (exact) mass is 620 g/mol. The summed E-state index contributed by atoms with van der Waals surface area (Å²) in [6, 6.07) is 11.8. The van der Waals surface area contributed by atoms with Gasteiger partial charge in [0.1, 0.15) is 0 Å². The summed E-state index contributed by atoms with van der Waals surface area (Å²) in [4.78, 5) is 2.98. The Hall–Kier alpha value is -1.18. The zero-order valence-corrected chi connectivity index (χ0v) is 21.1. The third-order valence-electron chi connectivity index (χ3n) is 2.85. The number of nitrogens with one attached hydrogen (secondary N) is 2. The number of guanidine groups is 1. The van der Waals surface area contributed by atoms with Crippen LogP contribution in [-0.4, -0.2) is 24.6 Å². The van der Waals surface area contributed by atoms with E-state index in [1.165, 1.54) is 0 Å². The SMILES string of the molecule is Brc1ccc(C=NN=C(NN=Cc2ccc(Br)s2)NN=Cc2ccc(Br)s2)s1. The number of rotatable bonds is 6. The van der Waals surface area contributed by atoms with E-state index in [1.54, 1.807) is 52.7 Å². The van der Waals surface area contributed by atoms with Crippen LogP contribution in [0.25, 0.3) is 0 Å². The fourth-order valence-electron chi connectivity index (χ4n) is 1.72. The first-order chi connectivity index (χ1) is 13.6. The summed E-state index contributed by atoms with van der Waals surface area (Å²) in [5.41, 5.74) is 5.64. The van der Waals surface area contributed by atoms with E-state index >= 15 is 0 Å². The van der Waals surface area contributed by atoms with E-state index in [2.05, 4.69) is 79.0 Å². The van der Waals surface area contributed by atoms with Crippen molar-refractivity contribution in [2.24, 2.45) is 20.4 Å². The molecular weight excluding hydrogens is 612 g/mol. The molecular formula is C16H11Br3N6S3. The van der Waals surface area contributed by atoms with Gasteiger partial charge in [-0.25, -0.2) is 10.9 Å². The smallest absolute Gasteiger partial charge is 0.244 e. The molecule has 0 fully saturated rings. The summed E-state index contributed by atoms with van der Waals surface area (Å²) in [5.74, 6) is 0.297. The highest BCUT2D eigenvalue weighted by Crippen LogP contribution is 2.21. The molecule has 0 saturated heterocycles. The zero-order chi connectivity index (χ0) is 19.8. The largest absolute Gasteiger partial charge is 0.257 e. The van der Waals surface area contributed by atoms with Gasteiger partial charge < -0.3 is 0 Å². The van der Waals surface area contributed by atoms with Gasteiger partial charge in [-0.05, 0) is 84.2 Å². The fraction of sp³-hybridized carbons (Fsp3) is 0. The topological polar surface area (TPSA) is 73.5 Å². The van der Waals surface area contributed by atoms with Gasteiger partial charge in [0, 0.05) is 14.6 Å². The van der Waals surface area contributed by atoms with Crippen molar-refractivity contribution in [3.63, 3.8) is 0 Å². The van der Waals surface area contributed by atoms with Gasteiger partial charge in [0.25, 0.3) is 5.96 Å². The minimum atomic E-state index is 0.297. The minimum Gasteiger partial charge on any atom is -0.244 e. The molecule has 0 bridgehead atoms. The van der Waals surface area contributed by atoms with Crippen LogP contribution in [0.15, 0.2) is 68.2 Å². The average Bonchev–Trinajstić information content (AvgIpc) is 3.37. The van der Waals surface area contributed by atoms with Crippen LogP contribution >= 0.6 is 81.8 Å². The van der Waals surface area contributed by atoms with Crippen LogP contribution in [0.1, 0.15) is 14.6 Å². The second-order valence-corrected chi connectivity index (χ2v) is 12.3. The van der Waals surface area contributed by atoms with Crippen molar-refractivity contribution in [1.82, 2.24) is 10.9 Å². The Kier molecular flexibility index (Phi) is 8.55. The van der Waals surface area contributed by atoms with Gasteiger partial charge >= 0.3 is 0 Å². The highest BCUT2D eigenvalue weighted by Gasteiger charge is 1.98. The van der Waals surface area contributed by atoms with E-state index in [9.17, 15) is 0 Å². The summed E-state index contributed by atoms with van der Waals surface area (Å²) in [6.45, 7) is 0. The number of hydrogen-bond acceptors (Lipinski definition) is 7. The molecule has 0 unspecified atom stereocenters. The molecule has 0 atom stereocenters. The lowest BCUT2D eigenvalue weighted by Gasteiger charge is -2.01. The van der Waals surface area contributed by atoms with E-state index in [-0.39, 0.29) is 0 Å². The summed E-state index contributed by atoms with van der Waals surface area (Å²) in [6.07, 6.45) is 5.07. The fourth-order valence-corrected chi connectivity index (χ4v) is 5.60. The maximum Gasteiger partial charge on any atom is 0.257 e. The van der Waals surface area contributed by atoms with Crippen molar-refractivity contribution in [2.45, 2.75) is 0 Å². The van der Waals surface area contributed by atoms with Gasteiger partial charge in [-0.1, -0.05) is 0 Å². The van der Waals surface area contributed by atoms with Gasteiger partial charge in [0.15, 0.2) is 0 Å². The quantitative estimate of drug-likeness (QED) is 0.198. The maximum absolute atomic E-state index is 4.18. The molecule has 0 aliphatic carbocycles. The molecule has 3 rings (SSSR count). The van der Waals surface area contributed by atoms with Crippen LogP contribution in [0.2, 0.25) is 0 Å². The maximum atomic E-state index is 4.18. The summed E-state index contributed by atoms with van der Waals surface area (Å²) in [7, 11) is 0. The lowest BCUT2D eigenvalue weighted by molar-refractivity contribution is 0.891. The molecule has 2 N–H and O–H groups in total. The van der Waals surface area contributed by atoms with Crippen molar-refractivity contribution in [2.75, 3.05) is 0 Å². The molecule has 0 aliphatic heterocycles. The minimum absolute atomic E-state index is 0.297. The molecule has 12 heteroatoms. The van der Waals surface area contributed by atoms with Crippen molar-refractivity contribution in [3.05, 3.63) is 62.4 Å². The molecule has 3 heterocycles. The molecule has 0 amide bonds. The average molecular weight is 623 g/mol. The summed E-state index contributed by atoms with van der Waals surface area (Å²) >= 11 is 15.0. The second kappa shape index (κ2) is 11.1. The standard InChI is InChI=1S/C16H11Br3N6S3/c17-13-4-1-10(26-13)7-20-23-16(24-21-8-11-2-5-14(18)27-11)25-22-9-12-3-6-15(19)28-12/h1-9H,(H2,23,24,25). The Balaban J connectivity index is 1.66. The van der Waals surface area contributed by atoms with Crippen LogP contribution in [0, 0.1) is 0 Å². The van der Waals surface area contributed by atoms with Crippen LogP contribution in [0.5, 0.6) is 0 Å². The van der Waals surface area contributed by atoms with Crippen molar-refractivity contribution in [3.8, 4) is 0 Å². The number of halogens is 3. The van der Waals surface area contributed by atoms with Crippen LogP contribution < -0.4 is 10.9 Å². The lowest BCUT2D eigenvalue weighted by atomic mass is 10.5. The number of hydrazone groups is 2. The Morgan fingerprint density at radius 3 is 1.50 bits per heavy atom. The molecule has 28 heavy (non-hydrogen) atoms. The van der Waals surface area contributed by atoms with Crippen LogP contribution in [0.4, 0.5) is 0 Å². The van der Waals surface area contributed by atoms with Crippen molar-refractivity contribution >= 4 is 106 Å². The van der Waals surface area contributed by atoms with E-state index in [4.69, 9.17) is 0 Å². The first-order valence-electron chi connectivity index (χ1n) is 7.54. The Labute approximate surface area is 198 Å². The van der Waals surface area contributed by atoms with Gasteiger partial charge in [0.2, 0.25) is 0 Å². The predicted molar refractivity (Wildman–Crippen MR) is 133 cm³/mol. The number of nitrogens with zero attached hydrogens (tertiary/aromatic N) is 4. The molecule has 3 aromatic rings. The molecule has 3 aromatic heterocycles. The molecule has 144 valence electrons. The van der Waals surface area contributed by atoms with E-state index in [0.717, 1.165) is 26.0 Å². The summed E-state index contributed by atoms with van der Waals surface area (Å²) in [5, 5.41) is 16.6. The van der Waals surface area contributed by atoms with Gasteiger partial charge in [-0.2, -0.15) is 15.3 Å². The Morgan fingerprint density at radius 1 is 0.679 bits per heavy atom. The zero-order valence-electron chi connectivity index (χ0n) is 13.8. The van der Waals surface area contributed by atoms with Crippen molar-refractivity contribution < 1.29 is 0 Å². The van der Waals surface area contributed by atoms with Crippen LogP contribution in [0.3, 0.4) is 0 Å². The Bertz CT molecular complexity index is 980. The van der Waals surface area contributed by atoms with E-state index in [1.807, 2.05) is 36.4 Å². The molecule has 0 saturated carbocycles. The summed E-state index contributed by atoms with van der Waals surface area (Å²) < 4.78 is 3.12. The van der Waals surface area contributed by atoms with Crippen molar-refractivity contribution in [1.29, 1.82) is 0 Å². The lowest BCUT2D eigenvalue weighted by Crippen LogP contribution is -2.30. The first-order valence-corrected chi connectivity index (χ1v) is 12.4. The molecule has 0 spiro atoms. The third kappa shape index (κ3) is 7.33. The number of hydrogen-bond donors (Lipinski definition) is 2. The van der Waals surface area contributed by atoms with Gasteiger partial charge in [0.05, 0.1) is 30.0 Å².